The van der Waals surface area contributed by atoms with Crippen molar-refractivity contribution in [2.75, 3.05) is 11.1 Å². The van der Waals surface area contributed by atoms with E-state index < -0.39 is 17.6 Å². The van der Waals surface area contributed by atoms with E-state index in [1.165, 1.54) is 18.2 Å². The molecule has 0 aliphatic carbocycles. The monoisotopic (exact) mass is 406 g/mol. The van der Waals surface area contributed by atoms with Crippen molar-refractivity contribution >= 4 is 23.4 Å². The molecule has 0 spiro atoms. The zero-order valence-electron chi connectivity index (χ0n) is 15.1. The van der Waals surface area contributed by atoms with Gasteiger partial charge in [-0.2, -0.15) is 13.2 Å². The maximum absolute atomic E-state index is 13.0. The number of para-hydroxylation sites is 1. The molecule has 9 heteroatoms. The van der Waals surface area contributed by atoms with Crippen LogP contribution in [0, 0.1) is 6.92 Å². The number of alkyl halides is 3. The molecule has 0 radical (unpaired) electrons. The Morgan fingerprint density at radius 2 is 1.79 bits per heavy atom. The van der Waals surface area contributed by atoms with Gasteiger partial charge in [-0.1, -0.05) is 48.2 Å². The minimum atomic E-state index is -4.54. The molecule has 3 rings (SSSR count). The van der Waals surface area contributed by atoms with Gasteiger partial charge in [0, 0.05) is 12.6 Å². The third-order valence-corrected chi connectivity index (χ3v) is 5.08. The molecule has 0 aliphatic heterocycles. The van der Waals surface area contributed by atoms with Crippen molar-refractivity contribution in [1.29, 1.82) is 0 Å². The maximum Gasteiger partial charge on any atom is 0.418 e. The number of carbonyl (C=O) groups is 1. The zero-order valence-corrected chi connectivity index (χ0v) is 15.9. The van der Waals surface area contributed by atoms with Crippen LogP contribution >= 0.6 is 11.8 Å². The topological polar surface area (TPSA) is 59.8 Å². The molecule has 146 valence electrons. The number of carbonyl (C=O) groups excluding carboxylic acids is 1. The number of halogens is 3. The summed E-state index contributed by atoms with van der Waals surface area (Å²) in [5.41, 5.74) is 0.817. The number of aryl methyl sites for hydroxylation is 1. The quantitative estimate of drug-likeness (QED) is 0.632. The Balaban J connectivity index is 1.69. The lowest BCUT2D eigenvalue weighted by Crippen LogP contribution is -2.18. The van der Waals surface area contributed by atoms with Crippen LogP contribution in [0.15, 0.2) is 53.7 Å². The first kappa shape index (κ1) is 19.9. The number of nitrogens with zero attached hydrogens (tertiary/aromatic N) is 3. The van der Waals surface area contributed by atoms with E-state index in [9.17, 15) is 18.0 Å². The van der Waals surface area contributed by atoms with E-state index in [2.05, 4.69) is 15.5 Å². The number of thioether (sulfide) groups is 1. The van der Waals surface area contributed by atoms with Crippen LogP contribution in [0.5, 0.6) is 0 Å². The number of hydrogen-bond donors (Lipinski definition) is 1. The summed E-state index contributed by atoms with van der Waals surface area (Å²) in [4.78, 5) is 12.2. The average molecular weight is 406 g/mol. The highest BCUT2D eigenvalue weighted by atomic mass is 32.2. The number of amides is 1. The highest BCUT2D eigenvalue weighted by Crippen LogP contribution is 2.34. The Labute approximate surface area is 164 Å². The van der Waals surface area contributed by atoms with Gasteiger partial charge in [-0.05, 0) is 24.6 Å². The van der Waals surface area contributed by atoms with Gasteiger partial charge < -0.3 is 9.88 Å². The molecule has 1 heterocycles. The van der Waals surface area contributed by atoms with Crippen LogP contribution in [0.3, 0.4) is 0 Å². The summed E-state index contributed by atoms with van der Waals surface area (Å²) in [6.45, 7) is 1.96. The fourth-order valence-corrected chi connectivity index (χ4v) is 3.37. The average Bonchev–Trinajstić information content (AvgIpc) is 3.00. The lowest BCUT2D eigenvalue weighted by molar-refractivity contribution is -0.137. The summed E-state index contributed by atoms with van der Waals surface area (Å²) in [6, 6.07) is 12.6. The number of aromatic nitrogens is 3. The minimum absolute atomic E-state index is 0.0913. The van der Waals surface area contributed by atoms with Crippen molar-refractivity contribution in [3.05, 3.63) is 59.7 Å². The number of hydrogen-bond acceptors (Lipinski definition) is 4. The molecule has 1 amide bonds. The van der Waals surface area contributed by atoms with E-state index in [1.54, 1.807) is 11.6 Å². The lowest BCUT2D eigenvalue weighted by atomic mass is 10.1. The molecular formula is C19H17F3N4OS. The van der Waals surface area contributed by atoms with Gasteiger partial charge in [0.2, 0.25) is 5.91 Å². The van der Waals surface area contributed by atoms with Crippen LogP contribution < -0.4 is 5.32 Å². The SMILES string of the molecule is Cc1ccccc1-c1nnc(SCC(=O)Nc2ccccc2C(F)(F)F)n1C. The minimum Gasteiger partial charge on any atom is -0.325 e. The third kappa shape index (κ3) is 4.36. The molecule has 0 fully saturated rings. The van der Waals surface area contributed by atoms with Gasteiger partial charge in [0.05, 0.1) is 17.0 Å². The second-order valence-corrected chi connectivity index (χ2v) is 7.00. The molecule has 0 saturated carbocycles. The van der Waals surface area contributed by atoms with E-state index in [0.29, 0.717) is 11.0 Å². The lowest BCUT2D eigenvalue weighted by Gasteiger charge is -2.13. The van der Waals surface area contributed by atoms with Crippen LogP contribution in [0.4, 0.5) is 18.9 Å². The largest absolute Gasteiger partial charge is 0.418 e. The standard InChI is InChI=1S/C19H17F3N4OS/c1-12-7-3-4-8-13(12)17-24-25-18(26(17)2)28-11-16(27)23-15-10-6-5-9-14(15)19(20,21)22/h3-10H,11H2,1-2H3,(H,23,27). The molecule has 0 aliphatic rings. The van der Waals surface area contributed by atoms with Gasteiger partial charge in [-0.15, -0.1) is 10.2 Å². The molecule has 5 nitrogen and oxygen atoms in total. The van der Waals surface area contributed by atoms with Crippen molar-refractivity contribution in [3.8, 4) is 11.4 Å². The summed E-state index contributed by atoms with van der Waals surface area (Å²) < 4.78 is 40.8. The van der Waals surface area contributed by atoms with Crippen molar-refractivity contribution in [3.63, 3.8) is 0 Å². The normalized spacial score (nSPS) is 11.5. The first-order valence-corrected chi connectivity index (χ1v) is 9.30. The second kappa shape index (κ2) is 8.05. The highest BCUT2D eigenvalue weighted by Gasteiger charge is 2.33. The first-order chi connectivity index (χ1) is 13.3. The fraction of sp³-hybridized carbons (Fsp3) is 0.211. The predicted octanol–water partition coefficient (Wildman–Crippen LogP) is 4.54. The van der Waals surface area contributed by atoms with Crippen LogP contribution in [-0.4, -0.2) is 26.4 Å². The number of rotatable bonds is 5. The molecule has 1 aromatic heterocycles. The van der Waals surface area contributed by atoms with E-state index in [0.717, 1.165) is 29.0 Å². The molecule has 0 unspecified atom stereocenters. The van der Waals surface area contributed by atoms with Crippen LogP contribution in [-0.2, 0) is 18.0 Å². The van der Waals surface area contributed by atoms with Crippen molar-refractivity contribution in [2.45, 2.75) is 18.3 Å². The van der Waals surface area contributed by atoms with Gasteiger partial charge in [0.25, 0.3) is 0 Å². The highest BCUT2D eigenvalue weighted by molar-refractivity contribution is 7.99. The molecule has 3 aromatic rings. The third-order valence-electron chi connectivity index (χ3n) is 4.06. The second-order valence-electron chi connectivity index (χ2n) is 6.06. The Bertz CT molecular complexity index is 1000. The van der Waals surface area contributed by atoms with Crippen molar-refractivity contribution < 1.29 is 18.0 Å². The number of anilines is 1. The summed E-state index contributed by atoms with van der Waals surface area (Å²) in [5.74, 6) is 0.0110. The Morgan fingerprint density at radius 1 is 1.11 bits per heavy atom. The van der Waals surface area contributed by atoms with E-state index in [-0.39, 0.29) is 11.4 Å². The summed E-state index contributed by atoms with van der Waals surface area (Å²) >= 11 is 1.11. The van der Waals surface area contributed by atoms with Crippen LogP contribution in [0.25, 0.3) is 11.4 Å². The van der Waals surface area contributed by atoms with Gasteiger partial charge in [-0.25, -0.2) is 0 Å². The number of nitrogens with one attached hydrogen (secondary N) is 1. The molecule has 2 aromatic carbocycles. The van der Waals surface area contributed by atoms with Gasteiger partial charge in [0.1, 0.15) is 0 Å². The molecule has 0 bridgehead atoms. The van der Waals surface area contributed by atoms with E-state index in [4.69, 9.17) is 0 Å². The van der Waals surface area contributed by atoms with Gasteiger partial charge >= 0.3 is 6.18 Å². The molecule has 0 atom stereocenters. The van der Waals surface area contributed by atoms with Crippen molar-refractivity contribution in [1.82, 2.24) is 14.8 Å². The molecular weight excluding hydrogens is 389 g/mol. The van der Waals surface area contributed by atoms with E-state index >= 15 is 0 Å². The zero-order chi connectivity index (χ0) is 20.3. The summed E-state index contributed by atoms with van der Waals surface area (Å²) in [5, 5.41) is 11.1. The van der Waals surface area contributed by atoms with Crippen LogP contribution in [0.1, 0.15) is 11.1 Å². The Hall–Kier alpha value is -2.81. The molecule has 28 heavy (non-hydrogen) atoms. The molecule has 0 saturated heterocycles. The smallest absolute Gasteiger partial charge is 0.325 e. The van der Waals surface area contributed by atoms with Crippen LogP contribution in [0.2, 0.25) is 0 Å². The molecule has 1 N–H and O–H groups in total. The van der Waals surface area contributed by atoms with Gasteiger partial charge in [-0.3, -0.25) is 4.79 Å². The Morgan fingerprint density at radius 3 is 2.50 bits per heavy atom. The van der Waals surface area contributed by atoms with E-state index in [1.807, 2.05) is 31.2 Å². The van der Waals surface area contributed by atoms with Crippen molar-refractivity contribution in [2.24, 2.45) is 7.05 Å². The summed E-state index contributed by atoms with van der Waals surface area (Å²) in [6.07, 6.45) is -4.54. The maximum atomic E-state index is 13.0. The van der Waals surface area contributed by atoms with Gasteiger partial charge in [0.15, 0.2) is 11.0 Å². The number of benzene rings is 2. The predicted molar refractivity (Wildman–Crippen MR) is 102 cm³/mol. The fourth-order valence-electron chi connectivity index (χ4n) is 2.65. The Kier molecular flexibility index (Phi) is 5.73. The first-order valence-electron chi connectivity index (χ1n) is 8.31. The summed E-state index contributed by atoms with van der Waals surface area (Å²) in [7, 11) is 1.78.